The lowest BCUT2D eigenvalue weighted by Crippen LogP contribution is -2.44. The van der Waals surface area contributed by atoms with Gasteiger partial charge in [0.05, 0.1) is 17.9 Å². The molecular formula is C30H48O5. The Morgan fingerprint density at radius 3 is 2.66 bits per heavy atom. The second-order valence-electron chi connectivity index (χ2n) is 12.1. The number of hydrogen-bond donors (Lipinski definition) is 1. The van der Waals surface area contributed by atoms with Gasteiger partial charge in [0, 0.05) is 12.3 Å². The maximum Gasteiger partial charge on any atom is 0.312 e. The third kappa shape index (κ3) is 6.99. The summed E-state index contributed by atoms with van der Waals surface area (Å²) in [4.78, 5) is 25.3. The second kappa shape index (κ2) is 12.1. The number of aliphatic hydroxyl groups is 1. The predicted molar refractivity (Wildman–Crippen MR) is 138 cm³/mol. The van der Waals surface area contributed by atoms with Crippen LogP contribution in [0.1, 0.15) is 99.3 Å². The Balaban J connectivity index is 1.72. The van der Waals surface area contributed by atoms with Gasteiger partial charge < -0.3 is 14.6 Å². The van der Waals surface area contributed by atoms with Crippen molar-refractivity contribution >= 4 is 11.9 Å². The minimum absolute atomic E-state index is 0.0785. The second-order valence-corrected chi connectivity index (χ2v) is 12.1. The summed E-state index contributed by atoms with van der Waals surface area (Å²) in [7, 11) is 0. The first-order valence-corrected chi connectivity index (χ1v) is 14.0. The van der Waals surface area contributed by atoms with E-state index < -0.39 is 11.5 Å². The quantitative estimate of drug-likeness (QED) is 0.285. The molecule has 3 rings (SSSR count). The monoisotopic (exact) mass is 488 g/mol. The van der Waals surface area contributed by atoms with Gasteiger partial charge in [0.1, 0.15) is 12.2 Å². The predicted octanol–water partition coefficient (Wildman–Crippen LogP) is 6.39. The number of carbonyl (C=O) groups excluding carboxylic acids is 2. The van der Waals surface area contributed by atoms with Gasteiger partial charge in [0.2, 0.25) is 0 Å². The van der Waals surface area contributed by atoms with Crippen molar-refractivity contribution in [3.05, 3.63) is 23.8 Å². The van der Waals surface area contributed by atoms with Crippen LogP contribution < -0.4 is 0 Å². The number of ether oxygens (including phenoxy) is 2. The van der Waals surface area contributed by atoms with Crippen molar-refractivity contribution < 1.29 is 24.2 Å². The van der Waals surface area contributed by atoms with E-state index in [0.29, 0.717) is 24.2 Å². The highest BCUT2D eigenvalue weighted by Crippen LogP contribution is 2.46. The molecule has 0 bridgehead atoms. The molecule has 35 heavy (non-hydrogen) atoms. The third-order valence-electron chi connectivity index (χ3n) is 8.91. The highest BCUT2D eigenvalue weighted by Gasteiger charge is 2.44. The lowest BCUT2D eigenvalue weighted by Gasteiger charge is -2.44. The van der Waals surface area contributed by atoms with Gasteiger partial charge >= 0.3 is 11.9 Å². The highest BCUT2D eigenvalue weighted by atomic mass is 16.6. The van der Waals surface area contributed by atoms with Gasteiger partial charge in [-0.1, -0.05) is 65.2 Å². The van der Waals surface area contributed by atoms with E-state index in [0.717, 1.165) is 32.1 Å². The van der Waals surface area contributed by atoms with Crippen LogP contribution >= 0.6 is 0 Å². The molecule has 3 aliphatic rings. The van der Waals surface area contributed by atoms with Crippen molar-refractivity contribution in [2.75, 3.05) is 0 Å². The molecule has 1 aliphatic heterocycles. The van der Waals surface area contributed by atoms with Crippen molar-refractivity contribution in [3.8, 4) is 0 Å². The molecule has 0 amide bonds. The largest absolute Gasteiger partial charge is 0.462 e. The van der Waals surface area contributed by atoms with Crippen LogP contribution in [0.3, 0.4) is 0 Å². The standard InChI is InChI=1S/C30H48O5/c1-7-8-9-10-21(4)30(5,6)29(33)35-26-16-19(2)15-22-12-11-20(3)25(28(22)26)14-13-24-17-23(31)18-27(32)34-24/h11-12,15,19-21,23-26,28,31H,7-10,13-14,16-18H2,1-6H3/t19-,20-,21?,23+,24-,25-,26-,28-/m1/s1. The first kappa shape index (κ1) is 28.0. The van der Waals surface area contributed by atoms with Gasteiger partial charge in [-0.2, -0.15) is 0 Å². The first-order valence-electron chi connectivity index (χ1n) is 14.0. The van der Waals surface area contributed by atoms with Gasteiger partial charge in [-0.3, -0.25) is 9.59 Å². The van der Waals surface area contributed by atoms with Crippen molar-refractivity contribution in [3.63, 3.8) is 0 Å². The lowest BCUT2D eigenvalue weighted by atomic mass is 9.65. The van der Waals surface area contributed by atoms with E-state index in [-0.39, 0.29) is 42.4 Å². The molecule has 0 aromatic carbocycles. The van der Waals surface area contributed by atoms with Crippen molar-refractivity contribution in [1.29, 1.82) is 0 Å². The maximum absolute atomic E-state index is 13.5. The SMILES string of the molecule is CCCCCC(C)C(C)(C)C(=O)O[C@@H]1C[C@H](C)C=C2C=C[C@@H](C)[C@@H](CC[C@@H]3C[C@H](O)CC(=O)O3)[C@@H]21. The Morgan fingerprint density at radius 1 is 1.23 bits per heavy atom. The van der Waals surface area contributed by atoms with E-state index in [2.05, 4.69) is 45.9 Å². The number of rotatable bonds is 10. The van der Waals surface area contributed by atoms with Gasteiger partial charge in [-0.15, -0.1) is 0 Å². The van der Waals surface area contributed by atoms with Gasteiger partial charge in [0.15, 0.2) is 0 Å². The van der Waals surface area contributed by atoms with Crippen molar-refractivity contribution in [1.82, 2.24) is 0 Å². The average molecular weight is 489 g/mol. The molecule has 5 nitrogen and oxygen atoms in total. The molecule has 0 radical (unpaired) electrons. The normalized spacial score (nSPS) is 34.0. The zero-order valence-electron chi connectivity index (χ0n) is 22.8. The Labute approximate surface area is 212 Å². The van der Waals surface area contributed by atoms with Crippen LogP contribution in [0.25, 0.3) is 0 Å². The van der Waals surface area contributed by atoms with Crippen molar-refractivity contribution in [2.45, 2.75) is 118 Å². The molecule has 1 saturated heterocycles. The number of unbranched alkanes of at least 4 members (excludes halogenated alkanes) is 2. The fourth-order valence-corrected chi connectivity index (χ4v) is 6.19. The summed E-state index contributed by atoms with van der Waals surface area (Å²) in [5.41, 5.74) is 0.759. The van der Waals surface area contributed by atoms with E-state index >= 15 is 0 Å². The Bertz CT molecular complexity index is 797. The van der Waals surface area contributed by atoms with E-state index in [4.69, 9.17) is 9.47 Å². The summed E-state index contributed by atoms with van der Waals surface area (Å²) < 4.78 is 11.9. The highest BCUT2D eigenvalue weighted by molar-refractivity contribution is 5.76. The third-order valence-corrected chi connectivity index (χ3v) is 8.91. The molecule has 0 spiro atoms. The summed E-state index contributed by atoms with van der Waals surface area (Å²) in [6.45, 7) is 12.9. The van der Waals surface area contributed by atoms with Crippen LogP contribution in [0.4, 0.5) is 0 Å². The Morgan fingerprint density at radius 2 is 1.97 bits per heavy atom. The van der Waals surface area contributed by atoms with E-state index in [9.17, 15) is 14.7 Å². The fraction of sp³-hybridized carbons (Fsp3) is 0.800. The molecule has 8 atom stereocenters. The summed E-state index contributed by atoms with van der Waals surface area (Å²) >= 11 is 0. The topological polar surface area (TPSA) is 72.8 Å². The minimum atomic E-state index is -0.605. The molecule has 5 heteroatoms. The summed E-state index contributed by atoms with van der Waals surface area (Å²) in [5, 5.41) is 10.0. The molecule has 1 N–H and O–H groups in total. The maximum atomic E-state index is 13.5. The molecule has 0 saturated carbocycles. The lowest BCUT2D eigenvalue weighted by molar-refractivity contribution is -0.168. The number of allylic oxidation sites excluding steroid dienone is 3. The Kier molecular flexibility index (Phi) is 9.65. The number of aliphatic hydroxyl groups excluding tert-OH is 1. The van der Waals surface area contributed by atoms with Crippen LogP contribution in [0.15, 0.2) is 23.8 Å². The summed E-state index contributed by atoms with van der Waals surface area (Å²) in [6, 6.07) is 0. The van der Waals surface area contributed by atoms with Gasteiger partial charge in [-0.05, 0) is 68.8 Å². The number of esters is 2. The van der Waals surface area contributed by atoms with Crippen LogP contribution in [0, 0.1) is 35.0 Å². The van der Waals surface area contributed by atoms with Crippen LogP contribution in [0.2, 0.25) is 0 Å². The molecular weight excluding hydrogens is 440 g/mol. The van der Waals surface area contributed by atoms with Gasteiger partial charge in [-0.25, -0.2) is 0 Å². The number of cyclic esters (lactones) is 1. The average Bonchev–Trinajstić information content (AvgIpc) is 2.77. The molecule has 0 aromatic heterocycles. The van der Waals surface area contributed by atoms with Gasteiger partial charge in [0.25, 0.3) is 0 Å². The van der Waals surface area contributed by atoms with Crippen LogP contribution in [0.5, 0.6) is 0 Å². The molecule has 1 unspecified atom stereocenters. The smallest absolute Gasteiger partial charge is 0.312 e. The summed E-state index contributed by atoms with van der Waals surface area (Å²) in [5.74, 6) is 1.05. The number of carbonyl (C=O) groups is 2. The Hall–Kier alpha value is -1.62. The van der Waals surface area contributed by atoms with Crippen molar-refractivity contribution in [2.24, 2.45) is 35.0 Å². The fourth-order valence-electron chi connectivity index (χ4n) is 6.19. The van der Waals surface area contributed by atoms with E-state index in [1.165, 1.54) is 18.4 Å². The molecule has 1 fully saturated rings. The van der Waals surface area contributed by atoms with E-state index in [1.807, 2.05) is 13.8 Å². The summed E-state index contributed by atoms with van der Waals surface area (Å²) in [6.07, 6.45) is 13.5. The molecule has 0 aromatic rings. The number of hydrogen-bond acceptors (Lipinski definition) is 5. The number of fused-ring (bicyclic) bond motifs is 1. The van der Waals surface area contributed by atoms with Crippen LogP contribution in [-0.2, 0) is 19.1 Å². The van der Waals surface area contributed by atoms with E-state index in [1.54, 1.807) is 0 Å². The molecule has 2 aliphatic carbocycles. The zero-order valence-corrected chi connectivity index (χ0v) is 22.8. The first-order chi connectivity index (χ1) is 16.5. The minimum Gasteiger partial charge on any atom is -0.462 e. The zero-order chi connectivity index (χ0) is 25.8. The molecule has 198 valence electrons. The van der Waals surface area contributed by atoms with Crippen LogP contribution in [-0.4, -0.2) is 35.4 Å². The molecule has 1 heterocycles.